The fourth-order valence-electron chi connectivity index (χ4n) is 0.960. The molecule has 10 heavy (non-hydrogen) atoms. The van der Waals surface area contributed by atoms with Crippen LogP contribution in [0.5, 0.6) is 11.5 Å². The first-order chi connectivity index (χ1) is 4.86. The topological polar surface area (TPSA) is 18.5 Å². The minimum absolute atomic E-state index is 0.159. The molecular weight excluding hydrogens is 128 g/mol. The van der Waals surface area contributed by atoms with Crippen molar-refractivity contribution in [1.82, 2.24) is 0 Å². The monoisotopic (exact) mass is 135 g/mol. The van der Waals surface area contributed by atoms with Gasteiger partial charge in [-0.15, -0.1) is 0 Å². The van der Waals surface area contributed by atoms with E-state index in [4.69, 9.17) is 9.47 Å². The van der Waals surface area contributed by atoms with E-state index in [0.717, 1.165) is 11.5 Å². The molecule has 0 saturated carbocycles. The summed E-state index contributed by atoms with van der Waals surface area (Å²) in [5, 5.41) is 0. The molecule has 0 spiro atoms. The van der Waals surface area contributed by atoms with Crippen molar-refractivity contribution in [2.75, 3.05) is 0 Å². The van der Waals surface area contributed by atoms with Crippen LogP contribution in [0.15, 0.2) is 18.2 Å². The van der Waals surface area contributed by atoms with Crippen LogP contribution in [0.3, 0.4) is 0 Å². The second kappa shape index (κ2) is 1.90. The van der Waals surface area contributed by atoms with E-state index in [2.05, 4.69) is 6.07 Å². The molecular formula is C8H7O2. The van der Waals surface area contributed by atoms with Gasteiger partial charge in [0.25, 0.3) is 0 Å². The zero-order valence-corrected chi connectivity index (χ0v) is 5.63. The first-order valence-corrected chi connectivity index (χ1v) is 3.20. The van der Waals surface area contributed by atoms with Gasteiger partial charge in [-0.2, -0.15) is 0 Å². The highest BCUT2D eigenvalue weighted by atomic mass is 16.7. The van der Waals surface area contributed by atoms with Crippen molar-refractivity contribution in [2.24, 2.45) is 0 Å². The molecule has 1 atom stereocenters. The van der Waals surface area contributed by atoms with Crippen molar-refractivity contribution in [2.45, 2.75) is 13.2 Å². The third-order valence-electron chi connectivity index (χ3n) is 1.36. The Labute approximate surface area is 59.4 Å². The van der Waals surface area contributed by atoms with E-state index >= 15 is 0 Å². The Morgan fingerprint density at radius 3 is 3.20 bits per heavy atom. The molecule has 0 saturated heterocycles. The molecule has 0 fully saturated rings. The molecule has 0 bridgehead atoms. The molecule has 0 aliphatic carbocycles. The Morgan fingerprint density at radius 1 is 1.50 bits per heavy atom. The number of benzene rings is 1. The summed E-state index contributed by atoms with van der Waals surface area (Å²) in [6.07, 6.45) is -0.159. The van der Waals surface area contributed by atoms with Crippen molar-refractivity contribution in [3.05, 3.63) is 24.3 Å². The van der Waals surface area contributed by atoms with Gasteiger partial charge in [-0.3, -0.25) is 0 Å². The molecule has 1 aromatic rings. The second-order valence-electron chi connectivity index (χ2n) is 2.17. The van der Waals surface area contributed by atoms with Crippen molar-refractivity contribution in [3.63, 3.8) is 0 Å². The van der Waals surface area contributed by atoms with Gasteiger partial charge in [-0.25, -0.2) is 0 Å². The number of rotatable bonds is 0. The Balaban J connectivity index is 2.42. The first-order valence-electron chi connectivity index (χ1n) is 3.20. The Bertz CT molecular complexity index is 220. The molecule has 1 aromatic carbocycles. The summed E-state index contributed by atoms with van der Waals surface area (Å²) in [7, 11) is 0. The van der Waals surface area contributed by atoms with E-state index in [0.29, 0.717) is 0 Å². The van der Waals surface area contributed by atoms with E-state index in [1.165, 1.54) is 0 Å². The molecule has 0 aromatic heterocycles. The standard InChI is InChI=1S/C8H7O2/c1-6-9-7-4-2-3-5-8(7)10-6/h2-4,6H,1H3. The quantitative estimate of drug-likeness (QED) is 0.538. The maximum absolute atomic E-state index is 5.25. The third kappa shape index (κ3) is 0.727. The van der Waals surface area contributed by atoms with Crippen LogP contribution in [-0.2, 0) is 0 Å². The smallest absolute Gasteiger partial charge is 0.238 e. The zero-order chi connectivity index (χ0) is 6.97. The predicted molar refractivity (Wildman–Crippen MR) is 36.0 cm³/mol. The fourth-order valence-corrected chi connectivity index (χ4v) is 0.960. The van der Waals surface area contributed by atoms with Gasteiger partial charge in [0.15, 0.2) is 11.5 Å². The fraction of sp³-hybridized carbons (Fsp3) is 0.250. The molecule has 1 radical (unpaired) electrons. The average Bonchev–Trinajstić information content (AvgIpc) is 2.27. The lowest BCUT2D eigenvalue weighted by Crippen LogP contribution is -2.11. The van der Waals surface area contributed by atoms with Gasteiger partial charge in [0, 0.05) is 13.0 Å². The van der Waals surface area contributed by atoms with Gasteiger partial charge in [-0.1, -0.05) is 12.1 Å². The summed E-state index contributed by atoms with van der Waals surface area (Å²) in [5.74, 6) is 1.50. The van der Waals surface area contributed by atoms with Crippen LogP contribution in [-0.4, -0.2) is 6.29 Å². The van der Waals surface area contributed by atoms with Crippen LogP contribution in [0.1, 0.15) is 6.92 Å². The lowest BCUT2D eigenvalue weighted by Gasteiger charge is -1.99. The van der Waals surface area contributed by atoms with Crippen LogP contribution in [0.2, 0.25) is 0 Å². The summed E-state index contributed by atoms with van der Waals surface area (Å²) in [5.41, 5.74) is 0. The number of hydrogen-bond acceptors (Lipinski definition) is 2. The van der Waals surface area contributed by atoms with E-state index in [1.807, 2.05) is 19.1 Å². The molecule has 1 unspecified atom stereocenters. The van der Waals surface area contributed by atoms with Gasteiger partial charge in [0.05, 0.1) is 0 Å². The molecule has 0 amide bonds. The normalized spacial score (nSPS) is 15.7. The largest absolute Gasteiger partial charge is 0.451 e. The van der Waals surface area contributed by atoms with Crippen LogP contribution < -0.4 is 9.47 Å². The molecule has 2 nitrogen and oxygen atoms in total. The third-order valence-corrected chi connectivity index (χ3v) is 1.36. The molecule has 1 heterocycles. The number of ether oxygens (including phenoxy) is 2. The Kier molecular flexibility index (Phi) is 1.07. The van der Waals surface area contributed by atoms with Crippen molar-refractivity contribution in [1.29, 1.82) is 0 Å². The van der Waals surface area contributed by atoms with E-state index < -0.39 is 0 Å². The van der Waals surface area contributed by atoms with Crippen LogP contribution in [0.25, 0.3) is 0 Å². The zero-order valence-electron chi connectivity index (χ0n) is 5.63. The number of hydrogen-bond donors (Lipinski definition) is 0. The summed E-state index contributed by atoms with van der Waals surface area (Å²) >= 11 is 0. The summed E-state index contributed by atoms with van der Waals surface area (Å²) in [6.45, 7) is 1.86. The van der Waals surface area contributed by atoms with Gasteiger partial charge in [0.2, 0.25) is 6.29 Å². The first kappa shape index (κ1) is 5.59. The maximum atomic E-state index is 5.25. The van der Waals surface area contributed by atoms with Crippen molar-refractivity contribution >= 4 is 0 Å². The van der Waals surface area contributed by atoms with Gasteiger partial charge in [0.1, 0.15) is 0 Å². The van der Waals surface area contributed by atoms with Gasteiger partial charge >= 0.3 is 0 Å². The highest BCUT2D eigenvalue weighted by molar-refractivity contribution is 5.40. The minimum Gasteiger partial charge on any atom is -0.451 e. The highest BCUT2D eigenvalue weighted by Crippen LogP contribution is 2.32. The maximum Gasteiger partial charge on any atom is 0.238 e. The number of para-hydroxylation sites is 1. The second-order valence-corrected chi connectivity index (χ2v) is 2.17. The predicted octanol–water partition coefficient (Wildman–Crippen LogP) is 1.60. The van der Waals surface area contributed by atoms with Crippen LogP contribution in [0, 0.1) is 6.07 Å². The summed E-state index contributed by atoms with van der Waals surface area (Å²) < 4.78 is 10.5. The lowest BCUT2D eigenvalue weighted by molar-refractivity contribution is 0.0677. The van der Waals surface area contributed by atoms with Crippen LogP contribution in [0.4, 0.5) is 0 Å². The lowest BCUT2D eigenvalue weighted by atomic mass is 10.3. The van der Waals surface area contributed by atoms with E-state index in [-0.39, 0.29) is 6.29 Å². The number of fused-ring (bicyclic) bond motifs is 1. The molecule has 2 heteroatoms. The summed E-state index contributed by atoms with van der Waals surface area (Å²) in [6, 6.07) is 8.48. The van der Waals surface area contributed by atoms with Gasteiger partial charge < -0.3 is 9.47 Å². The Morgan fingerprint density at radius 2 is 2.40 bits per heavy atom. The van der Waals surface area contributed by atoms with Crippen molar-refractivity contribution < 1.29 is 9.47 Å². The minimum atomic E-state index is -0.159. The molecule has 51 valence electrons. The van der Waals surface area contributed by atoms with E-state index in [1.54, 1.807) is 6.07 Å². The molecule has 1 aliphatic rings. The van der Waals surface area contributed by atoms with Crippen LogP contribution >= 0.6 is 0 Å². The summed E-state index contributed by atoms with van der Waals surface area (Å²) in [4.78, 5) is 0. The Hall–Kier alpha value is -1.18. The van der Waals surface area contributed by atoms with Crippen molar-refractivity contribution in [3.8, 4) is 11.5 Å². The highest BCUT2D eigenvalue weighted by Gasteiger charge is 2.18. The molecule has 2 rings (SSSR count). The molecule has 1 aliphatic heterocycles. The average molecular weight is 135 g/mol. The van der Waals surface area contributed by atoms with Gasteiger partial charge in [-0.05, 0) is 6.07 Å². The SMILES string of the molecule is CC1Oc2[c]cccc2O1. The molecule has 0 N–H and O–H groups in total. The van der Waals surface area contributed by atoms with E-state index in [9.17, 15) is 0 Å².